The lowest BCUT2D eigenvalue weighted by Crippen LogP contribution is -2.46. The molecular formula is C6H17N3O2S. The summed E-state index contributed by atoms with van der Waals surface area (Å²) in [7, 11) is -3.37. The Morgan fingerprint density at radius 3 is 2.08 bits per heavy atom. The van der Waals surface area contributed by atoms with Crippen molar-refractivity contribution in [1.29, 1.82) is 0 Å². The third-order valence-electron chi connectivity index (χ3n) is 1.10. The minimum atomic E-state index is -3.37. The van der Waals surface area contributed by atoms with Crippen LogP contribution >= 0.6 is 0 Å². The monoisotopic (exact) mass is 195 g/mol. The highest BCUT2D eigenvalue weighted by molar-refractivity contribution is 7.87. The molecule has 74 valence electrons. The minimum absolute atomic E-state index is 0.104. The highest BCUT2D eigenvalue weighted by atomic mass is 32.2. The standard InChI is InChI=1S/C6H17N3O2S/c1-5(2)8-12(10,11)9-6(3)4-7/h5-6,8-9H,4,7H2,1-3H3/t6-/m1/s1. The van der Waals surface area contributed by atoms with Gasteiger partial charge in [0.2, 0.25) is 0 Å². The lowest BCUT2D eigenvalue weighted by molar-refractivity contribution is 0.538. The average molecular weight is 195 g/mol. The van der Waals surface area contributed by atoms with Crippen molar-refractivity contribution >= 4 is 10.2 Å². The molecule has 1 atom stereocenters. The Balaban J connectivity index is 4.05. The third-order valence-corrected chi connectivity index (χ3v) is 2.60. The topological polar surface area (TPSA) is 84.2 Å². The van der Waals surface area contributed by atoms with E-state index in [4.69, 9.17) is 5.73 Å². The Kier molecular flexibility index (Phi) is 4.69. The molecule has 0 saturated heterocycles. The highest BCUT2D eigenvalue weighted by Crippen LogP contribution is 1.86. The van der Waals surface area contributed by atoms with Gasteiger partial charge >= 0.3 is 0 Å². The van der Waals surface area contributed by atoms with Crippen LogP contribution in [0.4, 0.5) is 0 Å². The number of nitrogens with one attached hydrogen (secondary N) is 2. The van der Waals surface area contributed by atoms with Crippen molar-refractivity contribution in [2.75, 3.05) is 6.54 Å². The first-order chi connectivity index (χ1) is 5.37. The van der Waals surface area contributed by atoms with Crippen LogP contribution in [0.5, 0.6) is 0 Å². The lowest BCUT2D eigenvalue weighted by atomic mass is 10.4. The van der Waals surface area contributed by atoms with Gasteiger partial charge in [0.15, 0.2) is 0 Å². The molecule has 0 aliphatic carbocycles. The fourth-order valence-electron chi connectivity index (χ4n) is 0.657. The van der Waals surface area contributed by atoms with E-state index >= 15 is 0 Å². The highest BCUT2D eigenvalue weighted by Gasteiger charge is 2.13. The summed E-state index contributed by atoms with van der Waals surface area (Å²) < 4.78 is 27.0. The Morgan fingerprint density at radius 2 is 1.75 bits per heavy atom. The summed E-state index contributed by atoms with van der Waals surface area (Å²) in [6, 6.07) is -0.339. The van der Waals surface area contributed by atoms with Gasteiger partial charge in [-0.05, 0) is 20.8 Å². The smallest absolute Gasteiger partial charge is 0.277 e. The van der Waals surface area contributed by atoms with E-state index in [9.17, 15) is 8.42 Å². The van der Waals surface area contributed by atoms with Gasteiger partial charge in [-0.1, -0.05) is 0 Å². The molecular weight excluding hydrogens is 178 g/mol. The van der Waals surface area contributed by atoms with Crippen molar-refractivity contribution in [3.63, 3.8) is 0 Å². The normalized spacial score (nSPS) is 15.1. The van der Waals surface area contributed by atoms with Gasteiger partial charge in [0.05, 0.1) is 0 Å². The van der Waals surface area contributed by atoms with E-state index in [1.54, 1.807) is 20.8 Å². The van der Waals surface area contributed by atoms with Gasteiger partial charge in [0.25, 0.3) is 10.2 Å². The summed E-state index contributed by atoms with van der Waals surface area (Å²) in [5.74, 6) is 0. The summed E-state index contributed by atoms with van der Waals surface area (Å²) in [5.41, 5.74) is 5.26. The van der Waals surface area contributed by atoms with Crippen LogP contribution in [0.25, 0.3) is 0 Å². The summed E-state index contributed by atoms with van der Waals surface area (Å²) >= 11 is 0. The van der Waals surface area contributed by atoms with Crippen LogP contribution in [0.2, 0.25) is 0 Å². The molecule has 0 aliphatic rings. The molecule has 0 saturated carbocycles. The van der Waals surface area contributed by atoms with Gasteiger partial charge < -0.3 is 5.73 Å². The summed E-state index contributed by atoms with van der Waals surface area (Å²) in [6.45, 7) is 5.51. The second-order valence-electron chi connectivity index (χ2n) is 3.03. The van der Waals surface area contributed by atoms with Crippen LogP contribution in [0, 0.1) is 0 Å². The SMILES string of the molecule is CC(C)NS(=O)(=O)N[C@H](C)CN. The first-order valence-corrected chi connectivity index (χ1v) is 5.35. The van der Waals surface area contributed by atoms with E-state index in [0.717, 1.165) is 0 Å². The largest absolute Gasteiger partial charge is 0.329 e. The fraction of sp³-hybridized carbons (Fsp3) is 1.00. The Morgan fingerprint density at radius 1 is 1.25 bits per heavy atom. The molecule has 6 heteroatoms. The maximum atomic E-state index is 11.1. The van der Waals surface area contributed by atoms with Crippen LogP contribution in [0.3, 0.4) is 0 Å². The predicted octanol–water partition coefficient (Wildman–Crippen LogP) is -0.834. The molecule has 0 bridgehead atoms. The first-order valence-electron chi connectivity index (χ1n) is 3.87. The van der Waals surface area contributed by atoms with Crippen molar-refractivity contribution in [2.24, 2.45) is 5.73 Å². The molecule has 0 rings (SSSR count). The van der Waals surface area contributed by atoms with E-state index in [2.05, 4.69) is 9.44 Å². The Labute approximate surface area is 73.9 Å². The van der Waals surface area contributed by atoms with Gasteiger partial charge in [-0.3, -0.25) is 0 Å². The molecule has 12 heavy (non-hydrogen) atoms. The molecule has 0 unspecified atom stereocenters. The van der Waals surface area contributed by atoms with Gasteiger partial charge in [0.1, 0.15) is 0 Å². The molecule has 0 amide bonds. The van der Waals surface area contributed by atoms with Crippen LogP contribution in [0.15, 0.2) is 0 Å². The van der Waals surface area contributed by atoms with E-state index in [1.165, 1.54) is 0 Å². The first kappa shape index (κ1) is 11.8. The lowest BCUT2D eigenvalue weighted by Gasteiger charge is -2.14. The molecule has 4 N–H and O–H groups in total. The summed E-state index contributed by atoms with van der Waals surface area (Å²) in [6.07, 6.45) is 0. The molecule has 0 aromatic carbocycles. The number of hydrogen-bond donors (Lipinski definition) is 3. The van der Waals surface area contributed by atoms with E-state index in [1.807, 2.05) is 0 Å². The molecule has 0 fully saturated rings. The van der Waals surface area contributed by atoms with E-state index in [-0.39, 0.29) is 12.1 Å². The Bertz CT molecular complexity index is 213. The minimum Gasteiger partial charge on any atom is -0.329 e. The molecule has 5 nitrogen and oxygen atoms in total. The van der Waals surface area contributed by atoms with Gasteiger partial charge in [0, 0.05) is 18.6 Å². The van der Waals surface area contributed by atoms with Crippen molar-refractivity contribution in [3.8, 4) is 0 Å². The molecule has 0 heterocycles. The van der Waals surface area contributed by atoms with E-state index < -0.39 is 10.2 Å². The second kappa shape index (κ2) is 4.76. The maximum absolute atomic E-state index is 11.1. The van der Waals surface area contributed by atoms with Crippen molar-refractivity contribution < 1.29 is 8.42 Å². The van der Waals surface area contributed by atoms with Crippen molar-refractivity contribution in [2.45, 2.75) is 32.9 Å². The van der Waals surface area contributed by atoms with Gasteiger partial charge in [-0.15, -0.1) is 0 Å². The van der Waals surface area contributed by atoms with Gasteiger partial charge in [-0.25, -0.2) is 0 Å². The number of rotatable bonds is 5. The molecule has 0 aliphatic heterocycles. The quantitative estimate of drug-likeness (QED) is 0.535. The number of nitrogens with two attached hydrogens (primary N) is 1. The second-order valence-corrected chi connectivity index (χ2v) is 4.51. The molecule has 0 spiro atoms. The number of hydrogen-bond acceptors (Lipinski definition) is 3. The van der Waals surface area contributed by atoms with Crippen LogP contribution < -0.4 is 15.2 Å². The summed E-state index contributed by atoms with van der Waals surface area (Å²) in [5, 5.41) is 0. The average Bonchev–Trinajstić information content (AvgIpc) is 1.83. The molecule has 0 aromatic heterocycles. The van der Waals surface area contributed by atoms with Crippen LogP contribution in [-0.4, -0.2) is 27.0 Å². The fourth-order valence-corrected chi connectivity index (χ4v) is 1.97. The predicted molar refractivity (Wildman–Crippen MR) is 48.8 cm³/mol. The Hall–Kier alpha value is -0.170. The van der Waals surface area contributed by atoms with Crippen LogP contribution in [-0.2, 0) is 10.2 Å². The van der Waals surface area contributed by atoms with E-state index in [0.29, 0.717) is 6.54 Å². The molecule has 0 radical (unpaired) electrons. The van der Waals surface area contributed by atoms with Crippen molar-refractivity contribution in [3.05, 3.63) is 0 Å². The zero-order valence-electron chi connectivity index (χ0n) is 7.66. The molecule has 0 aromatic rings. The van der Waals surface area contributed by atoms with Gasteiger partial charge in [-0.2, -0.15) is 17.9 Å². The van der Waals surface area contributed by atoms with Crippen LogP contribution in [0.1, 0.15) is 20.8 Å². The zero-order valence-corrected chi connectivity index (χ0v) is 8.48. The zero-order chi connectivity index (χ0) is 9.78. The summed E-state index contributed by atoms with van der Waals surface area (Å²) in [4.78, 5) is 0. The third kappa shape index (κ3) is 5.48. The van der Waals surface area contributed by atoms with Crippen molar-refractivity contribution in [1.82, 2.24) is 9.44 Å². The maximum Gasteiger partial charge on any atom is 0.277 e.